The predicted molar refractivity (Wildman–Crippen MR) is 225 cm³/mol. The summed E-state index contributed by atoms with van der Waals surface area (Å²) in [6.45, 7) is 12.7. The monoisotopic (exact) mass is 829 g/mol. The Kier molecular flexibility index (Phi) is 12.9. The number of hydrogen-bond acceptors (Lipinski definition) is 4. The minimum atomic E-state index is -0.311. The fourth-order valence-corrected chi connectivity index (χ4v) is 7.51. The minimum Gasteiger partial charge on any atom is -0.298 e. The molecule has 1 heterocycles. The number of hydrogen-bond donors (Lipinski definition) is 0. The molecule has 0 bridgehead atoms. The van der Waals surface area contributed by atoms with Crippen molar-refractivity contribution < 1.29 is 9.72 Å². The zero-order chi connectivity index (χ0) is 38.2. The van der Waals surface area contributed by atoms with Gasteiger partial charge >= 0.3 is 0 Å². The first kappa shape index (κ1) is 39.0. The molecule has 0 N–H and O–H groups in total. The topological polar surface area (TPSA) is 78.0 Å². The lowest BCUT2D eigenvalue weighted by Crippen LogP contribution is -2.03. The Balaban J connectivity index is 0.000000170. The number of benzene rings is 6. The van der Waals surface area contributed by atoms with Gasteiger partial charge in [-0.1, -0.05) is 122 Å². The van der Waals surface area contributed by atoms with E-state index in [9.17, 15) is 14.9 Å². The zero-order valence-corrected chi connectivity index (χ0v) is 33.8. The molecule has 0 unspecified atom stereocenters. The van der Waals surface area contributed by atoms with Crippen LogP contribution in [0.3, 0.4) is 0 Å². The second-order valence-electron chi connectivity index (χ2n) is 13.1. The molecule has 7 aromatic rings. The molecular formula is C45H41Br2N3O3. The number of aldehydes is 1. The molecule has 0 fully saturated rings. The Morgan fingerprint density at radius 3 is 1.83 bits per heavy atom. The van der Waals surface area contributed by atoms with E-state index in [1.54, 1.807) is 24.3 Å². The lowest BCUT2D eigenvalue weighted by atomic mass is 9.94. The maximum absolute atomic E-state index is 11.0. The van der Waals surface area contributed by atoms with Crippen molar-refractivity contribution >= 4 is 54.9 Å². The van der Waals surface area contributed by atoms with Gasteiger partial charge < -0.3 is 0 Å². The maximum Gasteiger partial charge on any atom is 0.272 e. The van der Waals surface area contributed by atoms with Crippen molar-refractivity contribution in [1.29, 1.82) is 0 Å². The van der Waals surface area contributed by atoms with Crippen LogP contribution in [0.4, 0.5) is 5.69 Å². The van der Waals surface area contributed by atoms with Gasteiger partial charge in [-0.15, -0.1) is 0 Å². The summed E-state index contributed by atoms with van der Waals surface area (Å²) in [7, 11) is 0. The van der Waals surface area contributed by atoms with Gasteiger partial charge in [-0.05, 0) is 106 Å². The quantitative estimate of drug-likeness (QED) is 0.0950. The summed E-state index contributed by atoms with van der Waals surface area (Å²) in [6.07, 6.45) is 1.43. The van der Waals surface area contributed by atoms with Crippen molar-refractivity contribution in [2.24, 2.45) is 0 Å². The van der Waals surface area contributed by atoms with Gasteiger partial charge in [0.1, 0.15) is 12.1 Å². The number of nitro benzene ring substituents is 1. The first-order chi connectivity index (χ1) is 25.4. The van der Waals surface area contributed by atoms with Crippen LogP contribution in [0.5, 0.6) is 0 Å². The summed E-state index contributed by atoms with van der Waals surface area (Å²) in [6, 6.07) is 39.6. The molecular weight excluding hydrogens is 790 g/mol. The normalized spacial score (nSPS) is 10.6. The molecule has 7 rings (SSSR count). The van der Waals surface area contributed by atoms with Gasteiger partial charge in [0.05, 0.1) is 21.6 Å². The Morgan fingerprint density at radius 1 is 0.679 bits per heavy atom. The van der Waals surface area contributed by atoms with Gasteiger partial charge in [0.25, 0.3) is 5.69 Å². The van der Waals surface area contributed by atoms with Crippen LogP contribution in [0.2, 0.25) is 0 Å². The fourth-order valence-electron chi connectivity index (χ4n) is 6.70. The Bertz CT molecular complexity index is 2390. The molecule has 0 saturated heterocycles. The molecule has 8 heteroatoms. The van der Waals surface area contributed by atoms with E-state index >= 15 is 0 Å². The number of carbonyl (C=O) groups excluding carboxylic acids is 1. The standard InChI is InChI=1S/C22H19BrN2.C16H17NO2.C7H5BrO/c1-14-11-15(2)21(16(3)12-14)25-20-10-5-4-9-19(20)24-22(25)17-7-6-8-18(23)13-17;1-11-8-12(2)15(13(3)9-11)10-14-6-4-5-7-16(14)17(18)19;8-7-3-1-2-6(4-7)5-9/h4-13H,1-3H3;4-9H,10H2,1-3H3;1-5H. The molecule has 0 aliphatic heterocycles. The number of aromatic nitrogens is 2. The van der Waals surface area contributed by atoms with Crippen LogP contribution in [-0.4, -0.2) is 20.8 Å². The fraction of sp³-hybridized carbons (Fsp3) is 0.156. The van der Waals surface area contributed by atoms with Crippen molar-refractivity contribution in [2.75, 3.05) is 0 Å². The van der Waals surface area contributed by atoms with E-state index in [1.807, 2.05) is 36.4 Å². The third-order valence-electron chi connectivity index (χ3n) is 8.88. The van der Waals surface area contributed by atoms with Crippen LogP contribution in [0.25, 0.3) is 28.1 Å². The highest BCUT2D eigenvalue weighted by Crippen LogP contribution is 2.33. The lowest BCUT2D eigenvalue weighted by molar-refractivity contribution is -0.385. The molecule has 268 valence electrons. The number of imidazole rings is 1. The highest BCUT2D eigenvalue weighted by atomic mass is 79.9. The third-order valence-corrected chi connectivity index (χ3v) is 9.87. The summed E-state index contributed by atoms with van der Waals surface area (Å²) in [4.78, 5) is 25.8. The Morgan fingerprint density at radius 2 is 1.25 bits per heavy atom. The van der Waals surface area contributed by atoms with Gasteiger partial charge in [-0.25, -0.2) is 4.98 Å². The van der Waals surface area contributed by atoms with Crippen LogP contribution in [0.15, 0.2) is 130 Å². The van der Waals surface area contributed by atoms with Gasteiger partial charge in [0.15, 0.2) is 0 Å². The second-order valence-corrected chi connectivity index (χ2v) is 15.0. The number of nitro groups is 1. The number of para-hydroxylation sites is 3. The third kappa shape index (κ3) is 9.63. The molecule has 0 aliphatic rings. The molecule has 6 nitrogen and oxygen atoms in total. The van der Waals surface area contributed by atoms with Crippen molar-refractivity contribution in [2.45, 2.75) is 48.0 Å². The van der Waals surface area contributed by atoms with E-state index < -0.39 is 0 Å². The maximum atomic E-state index is 11.0. The lowest BCUT2D eigenvalue weighted by Gasteiger charge is -2.16. The number of halogens is 2. The zero-order valence-electron chi connectivity index (χ0n) is 30.7. The molecule has 1 aromatic heterocycles. The summed E-state index contributed by atoms with van der Waals surface area (Å²) >= 11 is 6.83. The van der Waals surface area contributed by atoms with E-state index in [2.05, 4.69) is 139 Å². The van der Waals surface area contributed by atoms with Crippen LogP contribution in [0.1, 0.15) is 54.9 Å². The number of fused-ring (bicyclic) bond motifs is 1. The molecule has 0 radical (unpaired) electrons. The minimum absolute atomic E-state index is 0.196. The first-order valence-corrected chi connectivity index (χ1v) is 18.8. The number of rotatable bonds is 6. The van der Waals surface area contributed by atoms with Crippen molar-refractivity contribution in [3.8, 4) is 17.1 Å². The number of carbonyl (C=O) groups is 1. The summed E-state index contributed by atoms with van der Waals surface area (Å²) in [5.41, 5.74) is 14.7. The molecule has 0 spiro atoms. The van der Waals surface area contributed by atoms with Crippen molar-refractivity contribution in [1.82, 2.24) is 9.55 Å². The average molecular weight is 832 g/mol. The summed E-state index contributed by atoms with van der Waals surface area (Å²) in [5, 5.41) is 11.0. The molecule has 0 aliphatic carbocycles. The van der Waals surface area contributed by atoms with E-state index in [-0.39, 0.29) is 10.6 Å². The van der Waals surface area contributed by atoms with E-state index in [4.69, 9.17) is 4.98 Å². The largest absolute Gasteiger partial charge is 0.298 e. The van der Waals surface area contributed by atoms with E-state index in [0.717, 1.165) is 43.2 Å². The van der Waals surface area contributed by atoms with Gasteiger partial charge in [0.2, 0.25) is 0 Å². The average Bonchev–Trinajstić information content (AvgIpc) is 3.49. The van der Waals surface area contributed by atoms with E-state index in [1.165, 1.54) is 44.6 Å². The van der Waals surface area contributed by atoms with Crippen LogP contribution < -0.4 is 0 Å². The van der Waals surface area contributed by atoms with Crippen LogP contribution >= 0.6 is 31.9 Å². The molecule has 0 atom stereocenters. The summed E-state index contributed by atoms with van der Waals surface area (Å²) < 4.78 is 4.29. The highest BCUT2D eigenvalue weighted by molar-refractivity contribution is 9.10. The highest BCUT2D eigenvalue weighted by Gasteiger charge is 2.18. The molecule has 0 amide bonds. The van der Waals surface area contributed by atoms with Gasteiger partial charge in [-0.3, -0.25) is 19.5 Å². The van der Waals surface area contributed by atoms with Crippen LogP contribution in [-0.2, 0) is 6.42 Å². The van der Waals surface area contributed by atoms with Gasteiger partial charge in [-0.2, -0.15) is 0 Å². The predicted octanol–water partition coefficient (Wildman–Crippen LogP) is 12.8. The van der Waals surface area contributed by atoms with Crippen molar-refractivity contribution in [3.63, 3.8) is 0 Å². The second kappa shape index (κ2) is 17.6. The Labute approximate surface area is 328 Å². The number of aryl methyl sites for hydroxylation is 6. The van der Waals surface area contributed by atoms with Crippen molar-refractivity contribution in [3.05, 3.63) is 190 Å². The SMILES string of the molecule is Cc1cc(C)c(-n2c(-c3cccc(Br)c3)nc3ccccc32)c(C)c1.Cc1cc(C)c(Cc2ccccc2[N+](=O)[O-])c(C)c1.O=Cc1cccc(Br)c1. The number of nitrogens with zero attached hydrogens (tertiary/aromatic N) is 3. The van der Waals surface area contributed by atoms with Gasteiger partial charge in [0, 0.05) is 38.1 Å². The Hall–Kier alpha value is -5.18. The summed E-state index contributed by atoms with van der Waals surface area (Å²) in [5.74, 6) is 0.970. The molecule has 0 saturated carbocycles. The van der Waals surface area contributed by atoms with Crippen LogP contribution in [0, 0.1) is 51.7 Å². The van der Waals surface area contributed by atoms with E-state index in [0.29, 0.717) is 12.0 Å². The molecule has 53 heavy (non-hydrogen) atoms. The smallest absolute Gasteiger partial charge is 0.272 e. The molecule has 6 aromatic carbocycles. The first-order valence-electron chi connectivity index (χ1n) is 17.2.